The zero-order valence-corrected chi connectivity index (χ0v) is 10.4. The van der Waals surface area contributed by atoms with E-state index in [2.05, 4.69) is 36.1 Å². The maximum Gasteiger partial charge on any atom is 0.146 e. The zero-order chi connectivity index (χ0) is 12.0. The Morgan fingerprint density at radius 3 is 2.94 bits per heavy atom. The average molecular weight is 222 g/mol. The number of rotatable bonds is 6. The minimum Gasteiger partial charge on any atom is -0.382 e. The van der Waals surface area contributed by atoms with Crippen molar-refractivity contribution < 1.29 is 0 Å². The predicted molar refractivity (Wildman–Crippen MR) is 69.5 cm³/mol. The van der Waals surface area contributed by atoms with Crippen molar-refractivity contribution in [2.75, 3.05) is 31.2 Å². The molecule has 1 aromatic heterocycles. The summed E-state index contributed by atoms with van der Waals surface area (Å²) in [6.07, 6.45) is 2.87. The molecule has 16 heavy (non-hydrogen) atoms. The summed E-state index contributed by atoms with van der Waals surface area (Å²) < 4.78 is 0. The van der Waals surface area contributed by atoms with Crippen molar-refractivity contribution >= 4 is 11.5 Å². The lowest BCUT2D eigenvalue weighted by atomic mass is 10.2. The van der Waals surface area contributed by atoms with Crippen LogP contribution in [0.15, 0.2) is 18.3 Å². The quantitative estimate of drug-likeness (QED) is 0.770. The summed E-state index contributed by atoms with van der Waals surface area (Å²) >= 11 is 0. The molecule has 1 aromatic rings. The van der Waals surface area contributed by atoms with Gasteiger partial charge in [0.15, 0.2) is 0 Å². The first-order valence-electron chi connectivity index (χ1n) is 5.79. The van der Waals surface area contributed by atoms with Crippen LogP contribution in [0.25, 0.3) is 0 Å². The Kier molecular flexibility index (Phi) is 5.05. The van der Waals surface area contributed by atoms with E-state index in [-0.39, 0.29) is 0 Å². The maximum atomic E-state index is 5.74. The van der Waals surface area contributed by atoms with Crippen LogP contribution in [0.2, 0.25) is 0 Å². The monoisotopic (exact) mass is 222 g/mol. The summed E-state index contributed by atoms with van der Waals surface area (Å²) in [6.45, 7) is 6.33. The number of aromatic nitrogens is 1. The number of nitrogens with two attached hydrogens (primary N) is 1. The highest BCUT2D eigenvalue weighted by molar-refractivity contribution is 5.60. The summed E-state index contributed by atoms with van der Waals surface area (Å²) in [7, 11) is 2.14. The van der Waals surface area contributed by atoms with Crippen molar-refractivity contribution in [2.24, 2.45) is 0 Å². The number of nitrogens with one attached hydrogen (secondary N) is 1. The van der Waals surface area contributed by atoms with Gasteiger partial charge in [0, 0.05) is 25.3 Å². The van der Waals surface area contributed by atoms with Crippen LogP contribution in [0.1, 0.15) is 20.3 Å². The molecule has 0 saturated heterocycles. The lowest BCUT2D eigenvalue weighted by Crippen LogP contribution is -2.32. The van der Waals surface area contributed by atoms with Gasteiger partial charge in [-0.3, -0.25) is 0 Å². The molecule has 0 radical (unpaired) electrons. The number of nitrogens with zero attached hydrogens (tertiary/aromatic N) is 2. The number of nitrogen functional groups attached to an aromatic ring is 1. The molecule has 1 atom stereocenters. The van der Waals surface area contributed by atoms with Gasteiger partial charge in [0.25, 0.3) is 0 Å². The van der Waals surface area contributed by atoms with Gasteiger partial charge < -0.3 is 16.0 Å². The van der Waals surface area contributed by atoms with Gasteiger partial charge in [-0.1, -0.05) is 6.92 Å². The first kappa shape index (κ1) is 12.8. The lowest BCUT2D eigenvalue weighted by molar-refractivity contribution is 0.261. The summed E-state index contributed by atoms with van der Waals surface area (Å²) in [4.78, 5) is 6.36. The fraction of sp³-hybridized carbons (Fsp3) is 0.583. The van der Waals surface area contributed by atoms with Gasteiger partial charge in [0.1, 0.15) is 5.82 Å². The van der Waals surface area contributed by atoms with Crippen molar-refractivity contribution in [2.45, 2.75) is 26.3 Å². The Labute approximate surface area is 97.9 Å². The van der Waals surface area contributed by atoms with Gasteiger partial charge in [0.05, 0.1) is 5.69 Å². The Balaban J connectivity index is 2.33. The van der Waals surface area contributed by atoms with Gasteiger partial charge >= 0.3 is 0 Å². The molecule has 1 rings (SSSR count). The van der Waals surface area contributed by atoms with E-state index in [1.807, 2.05) is 12.1 Å². The molecule has 0 aliphatic rings. The molecule has 1 heterocycles. The van der Waals surface area contributed by atoms with Crippen LogP contribution < -0.4 is 11.1 Å². The highest BCUT2D eigenvalue weighted by Gasteiger charge is 2.05. The lowest BCUT2D eigenvalue weighted by Gasteiger charge is -2.23. The third kappa shape index (κ3) is 3.70. The van der Waals surface area contributed by atoms with E-state index in [0.717, 1.165) is 18.8 Å². The SMILES string of the molecule is CCC(C)N(C)CCNc1cccnc1N. The molecule has 1 unspecified atom stereocenters. The molecule has 0 spiro atoms. The number of likely N-dealkylation sites (N-methyl/N-ethyl adjacent to an activating group) is 1. The number of pyridine rings is 1. The predicted octanol–water partition coefficient (Wildman–Crippen LogP) is 1.81. The molecule has 4 heteroatoms. The Morgan fingerprint density at radius 1 is 1.56 bits per heavy atom. The molecule has 90 valence electrons. The van der Waals surface area contributed by atoms with Crippen LogP contribution >= 0.6 is 0 Å². The van der Waals surface area contributed by atoms with Crippen LogP contribution in [0.3, 0.4) is 0 Å². The standard InChI is InChI=1S/C12H22N4/c1-4-10(2)16(3)9-8-14-11-6-5-7-15-12(11)13/h5-7,10,14H,4,8-9H2,1-3H3,(H2,13,15). The third-order valence-electron chi connectivity index (χ3n) is 2.96. The molecule has 0 saturated carbocycles. The van der Waals surface area contributed by atoms with Crippen molar-refractivity contribution in [1.29, 1.82) is 0 Å². The second-order valence-electron chi connectivity index (χ2n) is 4.10. The number of hydrogen-bond acceptors (Lipinski definition) is 4. The Morgan fingerprint density at radius 2 is 2.31 bits per heavy atom. The van der Waals surface area contributed by atoms with Gasteiger partial charge in [-0.15, -0.1) is 0 Å². The van der Waals surface area contributed by atoms with Crippen molar-refractivity contribution in [1.82, 2.24) is 9.88 Å². The zero-order valence-electron chi connectivity index (χ0n) is 10.4. The number of hydrogen-bond donors (Lipinski definition) is 2. The van der Waals surface area contributed by atoms with E-state index < -0.39 is 0 Å². The van der Waals surface area contributed by atoms with E-state index >= 15 is 0 Å². The minimum atomic E-state index is 0.564. The molecule has 0 amide bonds. The first-order chi connectivity index (χ1) is 7.65. The second kappa shape index (κ2) is 6.33. The van der Waals surface area contributed by atoms with Crippen LogP contribution in [-0.2, 0) is 0 Å². The molecule has 4 nitrogen and oxygen atoms in total. The number of anilines is 2. The van der Waals surface area contributed by atoms with E-state index in [1.54, 1.807) is 6.20 Å². The van der Waals surface area contributed by atoms with E-state index in [4.69, 9.17) is 5.73 Å². The van der Waals surface area contributed by atoms with Gasteiger partial charge in [0.2, 0.25) is 0 Å². The smallest absolute Gasteiger partial charge is 0.146 e. The fourth-order valence-electron chi connectivity index (χ4n) is 1.47. The van der Waals surface area contributed by atoms with Crippen LogP contribution in [0.5, 0.6) is 0 Å². The first-order valence-corrected chi connectivity index (χ1v) is 5.79. The molecule has 0 fully saturated rings. The molecule has 0 aromatic carbocycles. The summed E-state index contributed by atoms with van der Waals surface area (Å²) in [5.74, 6) is 0.564. The van der Waals surface area contributed by atoms with E-state index in [0.29, 0.717) is 11.9 Å². The van der Waals surface area contributed by atoms with E-state index in [9.17, 15) is 0 Å². The van der Waals surface area contributed by atoms with Crippen molar-refractivity contribution in [3.8, 4) is 0 Å². The topological polar surface area (TPSA) is 54.2 Å². The normalized spacial score (nSPS) is 12.8. The van der Waals surface area contributed by atoms with Crippen LogP contribution in [-0.4, -0.2) is 36.1 Å². The summed E-state index contributed by atoms with van der Waals surface area (Å²) in [6, 6.07) is 4.45. The van der Waals surface area contributed by atoms with Crippen LogP contribution in [0.4, 0.5) is 11.5 Å². The fourth-order valence-corrected chi connectivity index (χ4v) is 1.47. The molecule has 3 N–H and O–H groups in total. The Bertz CT molecular complexity index is 314. The molecular formula is C12H22N4. The second-order valence-corrected chi connectivity index (χ2v) is 4.10. The molecular weight excluding hydrogens is 200 g/mol. The van der Waals surface area contributed by atoms with Crippen molar-refractivity contribution in [3.05, 3.63) is 18.3 Å². The largest absolute Gasteiger partial charge is 0.382 e. The van der Waals surface area contributed by atoms with Crippen molar-refractivity contribution in [3.63, 3.8) is 0 Å². The highest BCUT2D eigenvalue weighted by atomic mass is 15.1. The average Bonchev–Trinajstić information content (AvgIpc) is 2.30. The molecule has 0 aliphatic carbocycles. The Hall–Kier alpha value is -1.29. The highest BCUT2D eigenvalue weighted by Crippen LogP contribution is 2.12. The third-order valence-corrected chi connectivity index (χ3v) is 2.96. The molecule has 0 bridgehead atoms. The summed E-state index contributed by atoms with van der Waals surface area (Å²) in [5.41, 5.74) is 6.65. The minimum absolute atomic E-state index is 0.564. The maximum absolute atomic E-state index is 5.74. The molecule has 0 aliphatic heterocycles. The van der Waals surface area contributed by atoms with Gasteiger partial charge in [-0.05, 0) is 32.5 Å². The van der Waals surface area contributed by atoms with Gasteiger partial charge in [-0.2, -0.15) is 0 Å². The van der Waals surface area contributed by atoms with Gasteiger partial charge in [-0.25, -0.2) is 4.98 Å². The van der Waals surface area contributed by atoms with E-state index in [1.165, 1.54) is 6.42 Å². The van der Waals surface area contributed by atoms with Crippen LogP contribution in [0, 0.1) is 0 Å². The summed E-state index contributed by atoms with van der Waals surface area (Å²) in [5, 5.41) is 3.29.